The number of amides is 1. The number of pyridine rings is 1. The van der Waals surface area contributed by atoms with E-state index < -0.39 is 0 Å². The number of para-hydroxylation sites is 1. The Balaban J connectivity index is 1.29. The third-order valence-corrected chi connectivity index (χ3v) is 8.31. The van der Waals surface area contributed by atoms with Crippen LogP contribution < -0.4 is 16.2 Å². The summed E-state index contributed by atoms with van der Waals surface area (Å²) in [6.45, 7) is 5.58. The molecule has 2 aliphatic rings. The number of hydrogen-bond acceptors (Lipinski definition) is 8. The van der Waals surface area contributed by atoms with E-state index in [-0.39, 0.29) is 35.1 Å². The average molecular weight is 594 g/mol. The van der Waals surface area contributed by atoms with Crippen LogP contribution in [0.25, 0.3) is 16.7 Å². The summed E-state index contributed by atoms with van der Waals surface area (Å²) in [4.78, 5) is 35.9. The highest BCUT2D eigenvalue weighted by molar-refractivity contribution is 5.97. The smallest absolute Gasteiger partial charge is 0.334 e. The van der Waals surface area contributed by atoms with Crippen molar-refractivity contribution in [2.24, 2.45) is 0 Å². The molecule has 2 saturated heterocycles. The van der Waals surface area contributed by atoms with Crippen molar-refractivity contribution < 1.29 is 14.3 Å². The number of nitriles is 1. The number of nitrogens with two attached hydrogens (primary N) is 1. The number of nitrogen functional groups attached to an aromatic ring is 1. The maximum atomic E-state index is 14.1. The Kier molecular flexibility index (Phi) is 8.45. The number of carbonyl (C=O) groups is 1. The summed E-state index contributed by atoms with van der Waals surface area (Å²) in [5.74, 6) is 1.26. The quantitative estimate of drug-likeness (QED) is 0.252. The first-order valence-corrected chi connectivity index (χ1v) is 14.9. The molecule has 44 heavy (non-hydrogen) atoms. The molecule has 1 unspecified atom stereocenters. The molecule has 2 fully saturated rings. The minimum absolute atomic E-state index is 0.0707. The number of rotatable bonds is 7. The van der Waals surface area contributed by atoms with Gasteiger partial charge in [-0.15, -0.1) is 0 Å². The number of aromatic nitrogens is 3. The highest BCUT2D eigenvalue weighted by Gasteiger charge is 2.31. The minimum Gasteiger partial charge on any atom is -0.457 e. The van der Waals surface area contributed by atoms with Crippen LogP contribution in [0.15, 0.2) is 83.3 Å². The maximum absolute atomic E-state index is 14.1. The number of likely N-dealkylation sites (tertiary alicyclic amines) is 1. The number of carbonyl (C=O) groups excluding carboxylic acids is 1. The number of benzene rings is 2. The molecule has 0 saturated carbocycles. The number of hydrogen-bond donors (Lipinski definition) is 1. The van der Waals surface area contributed by atoms with Crippen molar-refractivity contribution in [3.8, 4) is 23.3 Å². The van der Waals surface area contributed by atoms with Gasteiger partial charge in [-0.3, -0.25) is 18.8 Å². The van der Waals surface area contributed by atoms with Crippen LogP contribution >= 0.6 is 0 Å². The number of anilines is 1. The summed E-state index contributed by atoms with van der Waals surface area (Å²) >= 11 is 0. The Labute approximate surface area is 255 Å². The van der Waals surface area contributed by atoms with E-state index in [1.54, 1.807) is 44.5 Å². The molecule has 6 rings (SSSR count). The summed E-state index contributed by atoms with van der Waals surface area (Å²) in [5.41, 5.74) is 7.97. The van der Waals surface area contributed by atoms with Gasteiger partial charge >= 0.3 is 5.69 Å². The maximum Gasteiger partial charge on any atom is 0.334 e. The van der Waals surface area contributed by atoms with Crippen LogP contribution in [0.5, 0.6) is 11.5 Å². The van der Waals surface area contributed by atoms with Crippen LogP contribution in [-0.2, 0) is 9.53 Å². The van der Waals surface area contributed by atoms with Gasteiger partial charge < -0.3 is 20.1 Å². The van der Waals surface area contributed by atoms with Gasteiger partial charge in [0.2, 0.25) is 0 Å². The normalized spacial score (nSPS) is 18.6. The Morgan fingerprint density at radius 2 is 1.82 bits per heavy atom. The van der Waals surface area contributed by atoms with E-state index in [1.165, 1.54) is 0 Å². The molecule has 0 spiro atoms. The minimum atomic E-state index is -0.315. The second-order valence-corrected chi connectivity index (χ2v) is 11.1. The van der Waals surface area contributed by atoms with Crippen LogP contribution in [0.4, 0.5) is 5.82 Å². The number of morpholine rings is 1. The lowest BCUT2D eigenvalue weighted by Crippen LogP contribution is -2.44. The molecule has 0 bridgehead atoms. The molecule has 11 heteroatoms. The van der Waals surface area contributed by atoms with Gasteiger partial charge in [0.1, 0.15) is 34.5 Å². The molecule has 2 atom stereocenters. The average Bonchev–Trinajstić information content (AvgIpc) is 3.37. The fourth-order valence-corrected chi connectivity index (χ4v) is 6.08. The van der Waals surface area contributed by atoms with Crippen molar-refractivity contribution in [1.82, 2.24) is 23.9 Å². The van der Waals surface area contributed by atoms with Crippen LogP contribution in [0, 0.1) is 11.3 Å². The van der Waals surface area contributed by atoms with Crippen LogP contribution in [0.3, 0.4) is 0 Å². The first-order chi connectivity index (χ1) is 21.4. The predicted octanol–water partition coefficient (Wildman–Crippen LogP) is 3.90. The first-order valence-electron chi connectivity index (χ1n) is 14.9. The number of fused-ring (bicyclic) bond motifs is 1. The van der Waals surface area contributed by atoms with E-state index >= 15 is 0 Å². The second kappa shape index (κ2) is 12.8. The highest BCUT2D eigenvalue weighted by Crippen LogP contribution is 2.30. The second-order valence-electron chi connectivity index (χ2n) is 11.1. The molecular weight excluding hydrogens is 558 g/mol. The lowest BCUT2D eigenvalue weighted by atomic mass is 10.0. The molecule has 2 aromatic heterocycles. The van der Waals surface area contributed by atoms with Crippen molar-refractivity contribution in [2.45, 2.75) is 31.8 Å². The predicted molar refractivity (Wildman–Crippen MR) is 167 cm³/mol. The van der Waals surface area contributed by atoms with Crippen molar-refractivity contribution in [2.75, 3.05) is 45.1 Å². The van der Waals surface area contributed by atoms with Gasteiger partial charge in [-0.1, -0.05) is 18.2 Å². The Morgan fingerprint density at radius 3 is 2.55 bits per heavy atom. The van der Waals surface area contributed by atoms with Crippen LogP contribution in [0.2, 0.25) is 0 Å². The lowest BCUT2D eigenvalue weighted by molar-refractivity contribution is -0.128. The highest BCUT2D eigenvalue weighted by atomic mass is 16.5. The van der Waals surface area contributed by atoms with Gasteiger partial charge in [-0.2, -0.15) is 5.26 Å². The fraction of sp³-hybridized carbons (Fsp3) is 0.333. The molecule has 4 aromatic rings. The Morgan fingerprint density at radius 1 is 1.09 bits per heavy atom. The largest absolute Gasteiger partial charge is 0.457 e. The standard InChI is InChI=1S/C33H35N7O4/c1-23(37-16-18-43-19-17-37)20-24(21-34)32(41)38-15-5-6-26(22-38)39-29-13-14-36-31(35)30(29)40(33(39)42)25-9-11-28(12-10-25)44-27-7-3-2-4-8-27/h2-4,7-14,20,23,26H,5-6,15-19,22H2,1H3,(H2,35,36)/b24-20+/t23?,26-/m1/s1. The van der Waals surface area contributed by atoms with Gasteiger partial charge in [0, 0.05) is 38.4 Å². The molecule has 4 heterocycles. The fourth-order valence-electron chi connectivity index (χ4n) is 6.08. The third-order valence-electron chi connectivity index (χ3n) is 8.31. The zero-order valence-electron chi connectivity index (χ0n) is 24.6. The van der Waals surface area contributed by atoms with E-state index in [9.17, 15) is 14.9 Å². The molecule has 1 amide bonds. The first kappa shape index (κ1) is 29.2. The molecule has 0 radical (unpaired) electrons. The molecule has 226 valence electrons. The summed E-state index contributed by atoms with van der Waals surface area (Å²) in [6.07, 6.45) is 4.72. The van der Waals surface area contributed by atoms with Gasteiger partial charge in [0.05, 0.1) is 30.5 Å². The number of ether oxygens (including phenoxy) is 2. The lowest BCUT2D eigenvalue weighted by Gasteiger charge is -2.34. The summed E-state index contributed by atoms with van der Waals surface area (Å²) in [5, 5.41) is 9.91. The molecule has 0 aliphatic carbocycles. The molecule has 11 nitrogen and oxygen atoms in total. The van der Waals surface area contributed by atoms with Crippen molar-refractivity contribution in [3.63, 3.8) is 0 Å². The van der Waals surface area contributed by atoms with E-state index in [4.69, 9.17) is 15.2 Å². The molecule has 2 aliphatic heterocycles. The van der Waals surface area contributed by atoms with E-state index in [0.29, 0.717) is 67.4 Å². The van der Waals surface area contributed by atoms with E-state index in [1.807, 2.05) is 49.4 Å². The summed E-state index contributed by atoms with van der Waals surface area (Å²) in [7, 11) is 0. The molecule has 2 N–H and O–H groups in total. The number of imidazole rings is 1. The zero-order valence-corrected chi connectivity index (χ0v) is 24.6. The van der Waals surface area contributed by atoms with Crippen molar-refractivity contribution in [1.29, 1.82) is 5.26 Å². The zero-order chi connectivity index (χ0) is 30.6. The Bertz CT molecular complexity index is 1770. The Hall–Kier alpha value is -4.92. The molecular formula is C33H35N7O4. The number of nitrogens with zero attached hydrogens (tertiary/aromatic N) is 6. The van der Waals surface area contributed by atoms with Gasteiger partial charge in [-0.25, -0.2) is 9.78 Å². The monoisotopic (exact) mass is 593 g/mol. The summed E-state index contributed by atoms with van der Waals surface area (Å²) in [6, 6.07) is 20.2. The SMILES string of the molecule is CC(/C=C(\C#N)C(=O)N1CCC[C@@H](n2c(=O)n(-c3ccc(Oc4ccccc4)cc3)c3c(N)nccc32)C1)N1CCOCC1. The van der Waals surface area contributed by atoms with Gasteiger partial charge in [0.15, 0.2) is 0 Å². The van der Waals surface area contributed by atoms with Crippen LogP contribution in [-0.4, -0.2) is 75.3 Å². The van der Waals surface area contributed by atoms with Crippen LogP contribution in [0.1, 0.15) is 25.8 Å². The number of piperidine rings is 1. The third kappa shape index (κ3) is 5.82. The molecule has 2 aromatic carbocycles. The van der Waals surface area contributed by atoms with Gasteiger partial charge in [-0.05, 0) is 68.3 Å². The van der Waals surface area contributed by atoms with E-state index in [0.717, 1.165) is 13.1 Å². The topological polar surface area (TPSA) is 132 Å². The van der Waals surface area contributed by atoms with Crippen molar-refractivity contribution >= 4 is 22.8 Å². The summed E-state index contributed by atoms with van der Waals surface area (Å²) < 4.78 is 14.6. The van der Waals surface area contributed by atoms with E-state index in [2.05, 4.69) is 16.0 Å². The van der Waals surface area contributed by atoms with Crippen molar-refractivity contribution in [3.05, 3.63) is 89.0 Å². The van der Waals surface area contributed by atoms with Gasteiger partial charge in [0.25, 0.3) is 5.91 Å².